The van der Waals surface area contributed by atoms with Gasteiger partial charge in [-0.1, -0.05) is 0 Å². The van der Waals surface area contributed by atoms with Crippen LogP contribution in [0.25, 0.3) is 0 Å². The van der Waals surface area contributed by atoms with E-state index < -0.39 is 9.84 Å². The topological polar surface area (TPSA) is 86.7 Å². The summed E-state index contributed by atoms with van der Waals surface area (Å²) in [7, 11) is -2.81. The highest BCUT2D eigenvalue weighted by Crippen LogP contribution is 2.07. The van der Waals surface area contributed by atoms with Gasteiger partial charge in [-0.15, -0.1) is 11.3 Å². The molecule has 2 N–H and O–H groups in total. The second-order valence-electron chi connectivity index (χ2n) is 5.79. The Morgan fingerprint density at radius 3 is 2.75 bits per heavy atom. The lowest BCUT2D eigenvalue weighted by Gasteiger charge is -2.25. The van der Waals surface area contributed by atoms with Crippen LogP contribution in [-0.4, -0.2) is 75.0 Å². The largest absolute Gasteiger partial charge is 0.357 e. The monoisotopic (exact) mass is 373 g/mol. The number of thiazole rings is 1. The molecule has 0 unspecified atom stereocenters. The highest BCUT2D eigenvalue weighted by Gasteiger charge is 2.20. The third kappa shape index (κ3) is 6.74. The van der Waals surface area contributed by atoms with Crippen molar-refractivity contribution >= 4 is 27.1 Å². The van der Waals surface area contributed by atoms with Crippen molar-refractivity contribution in [2.75, 3.05) is 50.8 Å². The molecule has 0 bridgehead atoms. The molecule has 24 heavy (non-hydrogen) atoms. The lowest BCUT2D eigenvalue weighted by molar-refractivity contribution is 0.304. The molecule has 7 nitrogen and oxygen atoms in total. The number of sulfone groups is 1. The van der Waals surface area contributed by atoms with Crippen molar-refractivity contribution in [3.8, 4) is 0 Å². The fourth-order valence-electron chi connectivity index (χ4n) is 2.45. The maximum absolute atomic E-state index is 11.4. The molecule has 1 aromatic rings. The molecule has 0 spiro atoms. The summed E-state index contributed by atoms with van der Waals surface area (Å²) in [6, 6.07) is 0. The number of hydrogen-bond donors (Lipinski definition) is 2. The number of aliphatic imine (C=N–C) groups is 1. The molecular weight excluding hydrogens is 346 g/mol. The third-order valence-corrected chi connectivity index (χ3v) is 6.24. The van der Waals surface area contributed by atoms with Crippen LogP contribution in [0.2, 0.25) is 0 Å². The Labute approximate surface area is 148 Å². The number of nitrogens with zero attached hydrogens (tertiary/aromatic N) is 3. The van der Waals surface area contributed by atoms with Crippen LogP contribution < -0.4 is 10.6 Å². The Kier molecular flexibility index (Phi) is 7.44. The van der Waals surface area contributed by atoms with Gasteiger partial charge in [0.15, 0.2) is 15.8 Å². The lowest BCUT2D eigenvalue weighted by atomic mass is 10.3. The van der Waals surface area contributed by atoms with Crippen LogP contribution in [0, 0.1) is 6.92 Å². The molecule has 0 aliphatic carbocycles. The summed E-state index contributed by atoms with van der Waals surface area (Å²) in [4.78, 5) is 11.2. The predicted molar refractivity (Wildman–Crippen MR) is 99.6 cm³/mol. The Morgan fingerprint density at radius 2 is 2.12 bits per heavy atom. The van der Waals surface area contributed by atoms with Crippen molar-refractivity contribution in [2.45, 2.75) is 20.3 Å². The van der Waals surface area contributed by atoms with Crippen LogP contribution in [0.5, 0.6) is 0 Å². The van der Waals surface area contributed by atoms with Gasteiger partial charge in [-0.2, -0.15) is 0 Å². The van der Waals surface area contributed by atoms with E-state index in [0.717, 1.165) is 42.7 Å². The van der Waals surface area contributed by atoms with E-state index in [0.29, 0.717) is 19.6 Å². The minimum atomic E-state index is -2.81. The summed E-state index contributed by atoms with van der Waals surface area (Å²) in [6.07, 6.45) is 0.874. The van der Waals surface area contributed by atoms with Crippen molar-refractivity contribution in [1.29, 1.82) is 0 Å². The quantitative estimate of drug-likeness (QED) is 0.527. The first-order valence-electron chi connectivity index (χ1n) is 8.34. The fraction of sp³-hybridized carbons (Fsp3) is 0.733. The van der Waals surface area contributed by atoms with Gasteiger partial charge in [-0.25, -0.2) is 13.4 Å². The molecule has 1 aliphatic heterocycles. The molecule has 136 valence electrons. The Bertz CT molecular complexity index is 628. The summed E-state index contributed by atoms with van der Waals surface area (Å²) in [5.41, 5.74) is 1.11. The van der Waals surface area contributed by atoms with Gasteiger partial charge in [-0.3, -0.25) is 9.89 Å². The second kappa shape index (κ2) is 9.33. The molecular formula is C15H27N5O2S2. The van der Waals surface area contributed by atoms with Crippen LogP contribution in [0.4, 0.5) is 0 Å². The molecule has 0 amide bonds. The van der Waals surface area contributed by atoms with Gasteiger partial charge >= 0.3 is 0 Å². The first kappa shape index (κ1) is 19.1. The van der Waals surface area contributed by atoms with Gasteiger partial charge in [-0.05, 0) is 13.8 Å². The molecule has 9 heteroatoms. The lowest BCUT2D eigenvalue weighted by Crippen LogP contribution is -2.42. The second-order valence-corrected chi connectivity index (χ2v) is 9.15. The maximum Gasteiger partial charge on any atom is 0.191 e. The molecule has 1 saturated heterocycles. The first-order valence-corrected chi connectivity index (χ1v) is 11.0. The van der Waals surface area contributed by atoms with Gasteiger partial charge in [0.25, 0.3) is 0 Å². The molecule has 1 aromatic heterocycles. The molecule has 1 aliphatic rings. The number of aryl methyl sites for hydroxylation is 1. The van der Waals surface area contributed by atoms with E-state index >= 15 is 0 Å². The number of guanidine groups is 1. The van der Waals surface area contributed by atoms with E-state index in [4.69, 9.17) is 0 Å². The van der Waals surface area contributed by atoms with E-state index in [1.807, 2.05) is 13.8 Å². The van der Waals surface area contributed by atoms with E-state index in [2.05, 4.69) is 30.9 Å². The first-order chi connectivity index (χ1) is 11.5. The van der Waals surface area contributed by atoms with Gasteiger partial charge in [0, 0.05) is 44.5 Å². The van der Waals surface area contributed by atoms with Crippen LogP contribution in [0.1, 0.15) is 17.6 Å². The standard InChI is InChI=1S/C15H27N5O2S2/c1-3-16-15(17-5-4-14-12-23-13(2)19-14)18-6-7-20-8-10-24(21,22)11-9-20/h12H,3-11H2,1-2H3,(H2,16,17,18). The number of rotatable bonds is 7. The zero-order valence-electron chi connectivity index (χ0n) is 14.4. The van der Waals surface area contributed by atoms with Crippen LogP contribution in [0.15, 0.2) is 10.4 Å². The Hall–Kier alpha value is -1.19. The normalized spacial score (nSPS) is 18.5. The summed E-state index contributed by atoms with van der Waals surface area (Å²) in [6.45, 7) is 8.33. The molecule has 0 saturated carbocycles. The molecule has 0 atom stereocenters. The van der Waals surface area contributed by atoms with Crippen molar-refractivity contribution in [1.82, 2.24) is 20.5 Å². The van der Waals surface area contributed by atoms with Gasteiger partial charge in [0.2, 0.25) is 0 Å². The van der Waals surface area contributed by atoms with Crippen LogP contribution >= 0.6 is 11.3 Å². The smallest absolute Gasteiger partial charge is 0.191 e. The zero-order chi connectivity index (χ0) is 17.4. The molecule has 0 aromatic carbocycles. The van der Waals surface area contributed by atoms with E-state index in [1.54, 1.807) is 11.3 Å². The fourth-order valence-corrected chi connectivity index (χ4v) is 4.37. The average molecular weight is 374 g/mol. The highest BCUT2D eigenvalue weighted by molar-refractivity contribution is 7.91. The summed E-state index contributed by atoms with van der Waals surface area (Å²) in [5, 5.41) is 9.73. The number of hydrogen-bond acceptors (Lipinski definition) is 6. The predicted octanol–water partition coefficient (Wildman–Crippen LogP) is 0.280. The summed E-state index contributed by atoms with van der Waals surface area (Å²) >= 11 is 1.67. The van der Waals surface area contributed by atoms with Crippen LogP contribution in [0.3, 0.4) is 0 Å². The Balaban J connectivity index is 1.71. The minimum Gasteiger partial charge on any atom is -0.357 e. The average Bonchev–Trinajstić information content (AvgIpc) is 2.94. The Morgan fingerprint density at radius 1 is 1.38 bits per heavy atom. The van der Waals surface area contributed by atoms with E-state index in [9.17, 15) is 8.42 Å². The van der Waals surface area contributed by atoms with Gasteiger partial charge in [0.05, 0.1) is 28.8 Å². The SMILES string of the molecule is CCNC(=NCCN1CCS(=O)(=O)CC1)NCCc1csc(C)n1. The minimum absolute atomic E-state index is 0.266. The summed E-state index contributed by atoms with van der Waals surface area (Å²) < 4.78 is 22.8. The molecule has 2 rings (SSSR count). The van der Waals surface area contributed by atoms with Gasteiger partial charge < -0.3 is 10.6 Å². The van der Waals surface area contributed by atoms with Crippen molar-refractivity contribution < 1.29 is 8.42 Å². The molecule has 1 fully saturated rings. The summed E-state index contributed by atoms with van der Waals surface area (Å²) in [5.74, 6) is 1.33. The number of nitrogens with one attached hydrogen (secondary N) is 2. The number of aromatic nitrogens is 1. The van der Waals surface area contributed by atoms with E-state index in [1.165, 1.54) is 0 Å². The third-order valence-electron chi connectivity index (χ3n) is 3.81. The molecule has 2 heterocycles. The molecule has 0 radical (unpaired) electrons. The highest BCUT2D eigenvalue weighted by atomic mass is 32.2. The van der Waals surface area contributed by atoms with Crippen molar-refractivity contribution in [2.24, 2.45) is 4.99 Å². The zero-order valence-corrected chi connectivity index (χ0v) is 16.0. The van der Waals surface area contributed by atoms with Gasteiger partial charge in [0.1, 0.15) is 0 Å². The van der Waals surface area contributed by atoms with Crippen molar-refractivity contribution in [3.05, 3.63) is 16.1 Å². The van der Waals surface area contributed by atoms with Crippen LogP contribution in [-0.2, 0) is 16.3 Å². The van der Waals surface area contributed by atoms with E-state index in [-0.39, 0.29) is 11.5 Å². The van der Waals surface area contributed by atoms with Crippen molar-refractivity contribution in [3.63, 3.8) is 0 Å². The maximum atomic E-state index is 11.4.